The molecule has 1 aliphatic carbocycles. The fourth-order valence-corrected chi connectivity index (χ4v) is 2.18. The zero-order valence-corrected chi connectivity index (χ0v) is 10.2. The molecule has 1 nitrogen and oxygen atoms in total. The van der Waals surface area contributed by atoms with Gasteiger partial charge in [-0.05, 0) is 50.9 Å². The fourth-order valence-electron chi connectivity index (χ4n) is 2.18. The Hall–Kier alpha value is -0.0400. The van der Waals surface area contributed by atoms with E-state index in [9.17, 15) is 0 Å². The van der Waals surface area contributed by atoms with Gasteiger partial charge in [0.15, 0.2) is 0 Å². The maximum atomic E-state index is 5.92. The minimum Gasteiger partial charge on any atom is -0.375 e. The van der Waals surface area contributed by atoms with Crippen molar-refractivity contribution in [2.75, 3.05) is 6.61 Å². The van der Waals surface area contributed by atoms with E-state index in [0.29, 0.717) is 0 Å². The Morgan fingerprint density at radius 3 is 2.64 bits per heavy atom. The Kier molecular flexibility index (Phi) is 4.43. The van der Waals surface area contributed by atoms with Crippen molar-refractivity contribution in [1.82, 2.24) is 0 Å². The third-order valence-corrected chi connectivity index (χ3v) is 3.37. The first-order valence-electron chi connectivity index (χ1n) is 6.04. The summed E-state index contributed by atoms with van der Waals surface area (Å²) in [5, 5.41) is 0. The molecule has 1 rings (SSSR count). The zero-order chi connectivity index (χ0) is 10.6. The average Bonchev–Trinajstić information content (AvgIpc) is 2.16. The topological polar surface area (TPSA) is 9.23 Å². The molecular formula is C13H25O. The predicted octanol–water partition coefficient (Wildman–Crippen LogP) is 3.83. The van der Waals surface area contributed by atoms with Crippen LogP contribution in [0.2, 0.25) is 0 Å². The van der Waals surface area contributed by atoms with Crippen molar-refractivity contribution in [2.45, 2.75) is 59.0 Å². The maximum Gasteiger partial charge on any atom is 0.0657 e. The lowest BCUT2D eigenvalue weighted by Gasteiger charge is -2.38. The normalized spacial score (nSPS) is 33.6. The Morgan fingerprint density at radius 2 is 2.21 bits per heavy atom. The van der Waals surface area contributed by atoms with Crippen LogP contribution in [0.5, 0.6) is 0 Å². The van der Waals surface area contributed by atoms with E-state index in [0.717, 1.165) is 31.3 Å². The van der Waals surface area contributed by atoms with Crippen molar-refractivity contribution in [3.8, 4) is 0 Å². The molecule has 0 bridgehead atoms. The van der Waals surface area contributed by atoms with Crippen molar-refractivity contribution < 1.29 is 4.74 Å². The van der Waals surface area contributed by atoms with Crippen molar-refractivity contribution in [1.29, 1.82) is 0 Å². The van der Waals surface area contributed by atoms with Crippen molar-refractivity contribution in [2.24, 2.45) is 11.8 Å². The quantitative estimate of drug-likeness (QED) is 0.665. The standard InChI is InChI=1S/C13H25O/c1-5-10-14-13(4)8-6-12(7-9-13)11(2)3/h6,11-12H,5,7-10H2,1-4H3. The summed E-state index contributed by atoms with van der Waals surface area (Å²) in [6.45, 7) is 9.98. The summed E-state index contributed by atoms with van der Waals surface area (Å²) in [7, 11) is 0. The highest BCUT2D eigenvalue weighted by Gasteiger charge is 2.32. The highest BCUT2D eigenvalue weighted by atomic mass is 16.5. The average molecular weight is 197 g/mol. The molecule has 1 aliphatic rings. The molecule has 0 aromatic carbocycles. The lowest BCUT2D eigenvalue weighted by atomic mass is 9.75. The first-order valence-corrected chi connectivity index (χ1v) is 6.04. The molecule has 1 radical (unpaired) electrons. The molecule has 0 aromatic rings. The molecule has 83 valence electrons. The van der Waals surface area contributed by atoms with Crippen molar-refractivity contribution >= 4 is 0 Å². The predicted molar refractivity (Wildman–Crippen MR) is 61.1 cm³/mol. The molecule has 0 aliphatic heterocycles. The second kappa shape index (κ2) is 5.16. The molecule has 0 N–H and O–H groups in total. The molecule has 0 aromatic heterocycles. The van der Waals surface area contributed by atoms with Crippen LogP contribution in [0.4, 0.5) is 0 Å². The van der Waals surface area contributed by atoms with Crippen LogP contribution in [0, 0.1) is 18.3 Å². The van der Waals surface area contributed by atoms with Gasteiger partial charge in [0.1, 0.15) is 0 Å². The van der Waals surface area contributed by atoms with E-state index in [2.05, 4.69) is 34.1 Å². The third-order valence-electron chi connectivity index (χ3n) is 3.37. The molecule has 0 heterocycles. The van der Waals surface area contributed by atoms with Gasteiger partial charge in [-0.25, -0.2) is 0 Å². The molecule has 1 saturated carbocycles. The molecule has 1 heteroatoms. The summed E-state index contributed by atoms with van der Waals surface area (Å²) in [5.41, 5.74) is 0.140. The molecule has 2 atom stereocenters. The first kappa shape index (κ1) is 12.0. The monoisotopic (exact) mass is 197 g/mol. The van der Waals surface area contributed by atoms with Gasteiger partial charge in [-0.1, -0.05) is 20.8 Å². The lowest BCUT2D eigenvalue weighted by Crippen LogP contribution is -2.35. The van der Waals surface area contributed by atoms with Gasteiger partial charge in [-0.2, -0.15) is 0 Å². The van der Waals surface area contributed by atoms with Crippen molar-refractivity contribution in [3.05, 3.63) is 6.42 Å². The summed E-state index contributed by atoms with van der Waals surface area (Å²) in [4.78, 5) is 0. The zero-order valence-electron chi connectivity index (χ0n) is 10.2. The van der Waals surface area contributed by atoms with E-state index in [4.69, 9.17) is 4.74 Å². The lowest BCUT2D eigenvalue weighted by molar-refractivity contribution is -0.0540. The largest absolute Gasteiger partial charge is 0.375 e. The summed E-state index contributed by atoms with van der Waals surface area (Å²) < 4.78 is 5.92. The Labute approximate surface area is 89.2 Å². The summed E-state index contributed by atoms with van der Waals surface area (Å²) in [6, 6.07) is 0. The molecule has 2 unspecified atom stereocenters. The molecule has 14 heavy (non-hydrogen) atoms. The summed E-state index contributed by atoms with van der Waals surface area (Å²) in [5.74, 6) is 1.61. The summed E-state index contributed by atoms with van der Waals surface area (Å²) in [6.07, 6.45) is 7.27. The third kappa shape index (κ3) is 3.27. The van der Waals surface area contributed by atoms with Gasteiger partial charge in [0.05, 0.1) is 5.60 Å². The van der Waals surface area contributed by atoms with Crippen LogP contribution in [-0.2, 0) is 4.74 Å². The molecular weight excluding hydrogens is 172 g/mol. The van der Waals surface area contributed by atoms with Crippen LogP contribution in [0.1, 0.15) is 53.4 Å². The highest BCUT2D eigenvalue weighted by molar-refractivity contribution is 4.94. The maximum absolute atomic E-state index is 5.92. The molecule has 0 spiro atoms. The molecule has 0 amide bonds. The Morgan fingerprint density at radius 1 is 1.50 bits per heavy atom. The van der Waals surface area contributed by atoms with Gasteiger partial charge in [0, 0.05) is 6.61 Å². The number of ether oxygens (including phenoxy) is 1. The van der Waals surface area contributed by atoms with Crippen LogP contribution < -0.4 is 0 Å². The van der Waals surface area contributed by atoms with Gasteiger partial charge in [-0.15, -0.1) is 0 Å². The van der Waals surface area contributed by atoms with Gasteiger partial charge in [0.25, 0.3) is 0 Å². The van der Waals surface area contributed by atoms with Gasteiger partial charge in [-0.3, -0.25) is 0 Å². The van der Waals surface area contributed by atoms with Crippen molar-refractivity contribution in [3.63, 3.8) is 0 Å². The smallest absolute Gasteiger partial charge is 0.0657 e. The number of rotatable bonds is 4. The van der Waals surface area contributed by atoms with E-state index < -0.39 is 0 Å². The Balaban J connectivity index is 2.33. The van der Waals surface area contributed by atoms with Gasteiger partial charge in [0.2, 0.25) is 0 Å². The minimum atomic E-state index is 0.140. The van der Waals surface area contributed by atoms with E-state index in [-0.39, 0.29) is 5.60 Å². The van der Waals surface area contributed by atoms with Gasteiger partial charge >= 0.3 is 0 Å². The van der Waals surface area contributed by atoms with E-state index in [1.165, 1.54) is 12.8 Å². The molecule has 0 saturated heterocycles. The van der Waals surface area contributed by atoms with Crippen LogP contribution in [0.25, 0.3) is 0 Å². The minimum absolute atomic E-state index is 0.140. The number of hydrogen-bond acceptors (Lipinski definition) is 1. The van der Waals surface area contributed by atoms with Crippen LogP contribution in [0.3, 0.4) is 0 Å². The first-order chi connectivity index (χ1) is 6.57. The van der Waals surface area contributed by atoms with Crippen LogP contribution >= 0.6 is 0 Å². The van der Waals surface area contributed by atoms with Crippen LogP contribution in [-0.4, -0.2) is 12.2 Å². The summed E-state index contributed by atoms with van der Waals surface area (Å²) >= 11 is 0. The second-order valence-corrected chi connectivity index (χ2v) is 5.18. The highest BCUT2D eigenvalue weighted by Crippen LogP contribution is 2.36. The van der Waals surface area contributed by atoms with Crippen LogP contribution in [0.15, 0.2) is 0 Å². The number of hydrogen-bond donors (Lipinski definition) is 0. The van der Waals surface area contributed by atoms with E-state index >= 15 is 0 Å². The second-order valence-electron chi connectivity index (χ2n) is 5.18. The van der Waals surface area contributed by atoms with E-state index in [1.54, 1.807) is 0 Å². The Bertz CT molecular complexity index is 155. The van der Waals surface area contributed by atoms with E-state index in [1.807, 2.05) is 0 Å². The SMILES string of the molecule is CCCOC1(C)C[CH]C(C(C)C)CC1. The molecule has 1 fully saturated rings. The van der Waals surface area contributed by atoms with Gasteiger partial charge < -0.3 is 4.74 Å². The fraction of sp³-hybridized carbons (Fsp3) is 0.923.